The molecule has 0 aliphatic carbocycles. The fraction of sp³-hybridized carbons (Fsp3) is 1.00. The normalized spacial score (nSPS) is 31.0. The highest BCUT2D eigenvalue weighted by molar-refractivity contribution is 5.02. The van der Waals surface area contributed by atoms with Gasteiger partial charge in [0.1, 0.15) is 0 Å². The highest BCUT2D eigenvalue weighted by Gasteiger charge is 2.43. The lowest BCUT2D eigenvalue weighted by molar-refractivity contribution is 0.0613. The summed E-state index contributed by atoms with van der Waals surface area (Å²) >= 11 is 0. The quantitative estimate of drug-likeness (QED) is 0.598. The van der Waals surface area contributed by atoms with E-state index in [0.29, 0.717) is 6.04 Å². The Balaban J connectivity index is 2.82. The zero-order valence-corrected chi connectivity index (χ0v) is 9.02. The minimum absolute atomic E-state index is 0.165. The van der Waals surface area contributed by atoms with Crippen molar-refractivity contribution in [3.05, 3.63) is 0 Å². The van der Waals surface area contributed by atoms with Gasteiger partial charge in [0.15, 0.2) is 0 Å². The van der Waals surface area contributed by atoms with Gasteiger partial charge in [-0.05, 0) is 41.0 Å². The summed E-state index contributed by atoms with van der Waals surface area (Å²) in [7, 11) is 0. The summed E-state index contributed by atoms with van der Waals surface area (Å²) in [6.45, 7) is 12.4. The minimum atomic E-state index is 0.165. The van der Waals surface area contributed by atoms with Crippen LogP contribution in [-0.4, -0.2) is 28.6 Å². The van der Waals surface area contributed by atoms with Gasteiger partial charge < -0.3 is 5.73 Å². The molecule has 72 valence electrons. The standard InChI is InChI=1S/C10H22N2/c1-9(2,3)12-7-6-8(11)10(12,4)5/h8H,6-7,11H2,1-5H3. The van der Waals surface area contributed by atoms with Crippen molar-refractivity contribution in [3.8, 4) is 0 Å². The molecule has 1 atom stereocenters. The Morgan fingerprint density at radius 3 is 2.00 bits per heavy atom. The number of rotatable bonds is 0. The van der Waals surface area contributed by atoms with E-state index in [2.05, 4.69) is 39.5 Å². The van der Waals surface area contributed by atoms with Crippen molar-refractivity contribution in [2.24, 2.45) is 5.73 Å². The van der Waals surface area contributed by atoms with Crippen LogP contribution in [0.1, 0.15) is 41.0 Å². The molecule has 0 amide bonds. The fourth-order valence-electron chi connectivity index (χ4n) is 2.31. The predicted octanol–water partition coefficient (Wildman–Crippen LogP) is 1.60. The maximum atomic E-state index is 6.06. The van der Waals surface area contributed by atoms with Crippen LogP contribution in [0.5, 0.6) is 0 Å². The van der Waals surface area contributed by atoms with Gasteiger partial charge in [-0.2, -0.15) is 0 Å². The van der Waals surface area contributed by atoms with Crippen LogP contribution in [-0.2, 0) is 0 Å². The van der Waals surface area contributed by atoms with Crippen molar-refractivity contribution >= 4 is 0 Å². The lowest BCUT2D eigenvalue weighted by Gasteiger charge is -2.43. The molecule has 1 aliphatic rings. The third kappa shape index (κ3) is 1.50. The molecule has 0 saturated carbocycles. The fourth-order valence-corrected chi connectivity index (χ4v) is 2.31. The smallest absolute Gasteiger partial charge is 0.0309 e. The molecule has 0 spiro atoms. The summed E-state index contributed by atoms with van der Waals surface area (Å²) in [6.07, 6.45) is 1.13. The monoisotopic (exact) mass is 170 g/mol. The van der Waals surface area contributed by atoms with Crippen LogP contribution in [0.15, 0.2) is 0 Å². The van der Waals surface area contributed by atoms with Crippen LogP contribution in [0.4, 0.5) is 0 Å². The topological polar surface area (TPSA) is 29.3 Å². The molecular formula is C10H22N2. The molecule has 2 heteroatoms. The van der Waals surface area contributed by atoms with Gasteiger partial charge in [0.25, 0.3) is 0 Å². The van der Waals surface area contributed by atoms with Crippen molar-refractivity contribution in [2.75, 3.05) is 6.54 Å². The zero-order valence-electron chi connectivity index (χ0n) is 9.02. The molecule has 12 heavy (non-hydrogen) atoms. The van der Waals surface area contributed by atoms with Gasteiger partial charge in [0.05, 0.1) is 0 Å². The van der Waals surface area contributed by atoms with Crippen molar-refractivity contribution in [2.45, 2.75) is 58.2 Å². The maximum Gasteiger partial charge on any atom is 0.0309 e. The van der Waals surface area contributed by atoms with Crippen LogP contribution in [0, 0.1) is 0 Å². The van der Waals surface area contributed by atoms with Gasteiger partial charge in [-0.25, -0.2) is 0 Å². The number of nitrogens with two attached hydrogens (primary N) is 1. The molecule has 1 heterocycles. The molecule has 1 rings (SSSR count). The van der Waals surface area contributed by atoms with E-state index in [4.69, 9.17) is 5.73 Å². The minimum Gasteiger partial charge on any atom is -0.326 e. The van der Waals surface area contributed by atoms with Gasteiger partial charge in [0.2, 0.25) is 0 Å². The van der Waals surface area contributed by atoms with Crippen LogP contribution < -0.4 is 5.73 Å². The number of hydrogen-bond acceptors (Lipinski definition) is 2. The summed E-state index contributed by atoms with van der Waals surface area (Å²) in [5.74, 6) is 0. The van der Waals surface area contributed by atoms with Gasteiger partial charge in [-0.3, -0.25) is 4.90 Å². The molecule has 1 aliphatic heterocycles. The second-order valence-electron chi connectivity index (χ2n) is 5.37. The van der Waals surface area contributed by atoms with E-state index in [-0.39, 0.29) is 11.1 Å². The average Bonchev–Trinajstić information content (AvgIpc) is 2.06. The van der Waals surface area contributed by atoms with Gasteiger partial charge in [-0.1, -0.05) is 0 Å². The average molecular weight is 170 g/mol. The van der Waals surface area contributed by atoms with E-state index in [0.717, 1.165) is 13.0 Å². The first kappa shape index (κ1) is 10.0. The lowest BCUT2D eigenvalue weighted by atomic mass is 9.93. The third-order valence-electron chi connectivity index (χ3n) is 3.08. The summed E-state index contributed by atoms with van der Waals surface area (Å²) in [5, 5.41) is 0. The Bertz CT molecular complexity index is 167. The summed E-state index contributed by atoms with van der Waals surface area (Å²) in [4.78, 5) is 2.50. The first-order chi connectivity index (χ1) is 5.26. The first-order valence-corrected chi connectivity index (χ1v) is 4.79. The van der Waals surface area contributed by atoms with Crippen LogP contribution in [0.3, 0.4) is 0 Å². The summed E-state index contributed by atoms with van der Waals surface area (Å²) in [5.41, 5.74) is 6.47. The van der Waals surface area contributed by atoms with E-state index < -0.39 is 0 Å². The molecular weight excluding hydrogens is 148 g/mol. The van der Waals surface area contributed by atoms with Crippen molar-refractivity contribution in [1.82, 2.24) is 4.90 Å². The van der Waals surface area contributed by atoms with Crippen molar-refractivity contribution < 1.29 is 0 Å². The van der Waals surface area contributed by atoms with Crippen LogP contribution in [0.2, 0.25) is 0 Å². The van der Waals surface area contributed by atoms with E-state index in [1.54, 1.807) is 0 Å². The Kier molecular flexibility index (Phi) is 2.26. The van der Waals surface area contributed by atoms with Gasteiger partial charge in [0, 0.05) is 23.7 Å². The van der Waals surface area contributed by atoms with Crippen molar-refractivity contribution in [1.29, 1.82) is 0 Å². The molecule has 0 bridgehead atoms. The Labute approximate surface area is 76.1 Å². The largest absolute Gasteiger partial charge is 0.326 e. The van der Waals surface area contributed by atoms with Crippen LogP contribution >= 0.6 is 0 Å². The number of hydrogen-bond donors (Lipinski definition) is 1. The number of likely N-dealkylation sites (tertiary alicyclic amines) is 1. The lowest BCUT2D eigenvalue weighted by Crippen LogP contribution is -2.55. The molecule has 2 N–H and O–H groups in total. The molecule has 0 aromatic rings. The Morgan fingerprint density at radius 2 is 1.83 bits per heavy atom. The second-order valence-corrected chi connectivity index (χ2v) is 5.37. The summed E-state index contributed by atoms with van der Waals surface area (Å²) in [6, 6.07) is 0.330. The number of nitrogens with zero attached hydrogens (tertiary/aromatic N) is 1. The van der Waals surface area contributed by atoms with E-state index in [1.807, 2.05) is 0 Å². The SMILES string of the molecule is CC(C)(C)N1CCC(N)C1(C)C. The van der Waals surface area contributed by atoms with Crippen LogP contribution in [0.25, 0.3) is 0 Å². The van der Waals surface area contributed by atoms with Gasteiger partial charge >= 0.3 is 0 Å². The highest BCUT2D eigenvalue weighted by atomic mass is 15.3. The molecule has 2 nitrogen and oxygen atoms in total. The first-order valence-electron chi connectivity index (χ1n) is 4.79. The molecule has 1 unspecified atom stereocenters. The zero-order chi connectivity index (χ0) is 9.57. The van der Waals surface area contributed by atoms with E-state index in [1.165, 1.54) is 0 Å². The molecule has 0 aromatic carbocycles. The predicted molar refractivity (Wildman–Crippen MR) is 53.1 cm³/mol. The van der Waals surface area contributed by atoms with Gasteiger partial charge in [-0.15, -0.1) is 0 Å². The Hall–Kier alpha value is -0.0800. The molecule has 0 aromatic heterocycles. The second kappa shape index (κ2) is 2.71. The third-order valence-corrected chi connectivity index (χ3v) is 3.08. The Morgan fingerprint density at radius 1 is 1.33 bits per heavy atom. The maximum absolute atomic E-state index is 6.06. The van der Waals surface area contributed by atoms with E-state index in [9.17, 15) is 0 Å². The molecule has 1 saturated heterocycles. The van der Waals surface area contributed by atoms with Crippen molar-refractivity contribution in [3.63, 3.8) is 0 Å². The summed E-state index contributed by atoms with van der Waals surface area (Å²) < 4.78 is 0. The molecule has 1 fully saturated rings. The molecule has 0 radical (unpaired) electrons. The van der Waals surface area contributed by atoms with E-state index >= 15 is 0 Å². The highest BCUT2D eigenvalue weighted by Crippen LogP contribution is 2.33.